The molecule has 1 atom stereocenters. The zero-order chi connectivity index (χ0) is 57.8. The third kappa shape index (κ3) is 67.2. The van der Waals surface area contributed by atoms with Crippen LogP contribution in [0.4, 0.5) is 0 Å². The van der Waals surface area contributed by atoms with Gasteiger partial charge in [0.1, 0.15) is 13.2 Å². The Kier molecular flexibility index (Phi) is 68.5. The fraction of sp³-hybridized carbons (Fsp3) is 0.959. The average Bonchev–Trinajstić information content (AvgIpc) is 3.46. The van der Waals surface area contributed by atoms with Crippen LogP contribution < -0.4 is 0 Å². The van der Waals surface area contributed by atoms with Crippen LogP contribution in [0.3, 0.4) is 0 Å². The topological polar surface area (TPSA) is 78.9 Å². The molecule has 0 aromatic rings. The molecule has 6 heteroatoms. The molecule has 0 N–H and O–H groups in total. The van der Waals surface area contributed by atoms with Gasteiger partial charge in [-0.05, 0) is 19.3 Å². The predicted molar refractivity (Wildman–Crippen MR) is 349 cm³/mol. The van der Waals surface area contributed by atoms with Crippen molar-refractivity contribution in [2.75, 3.05) is 13.2 Å². The van der Waals surface area contributed by atoms with Crippen molar-refractivity contribution in [2.45, 2.75) is 444 Å². The summed E-state index contributed by atoms with van der Waals surface area (Å²) in [6, 6.07) is 0. The van der Waals surface area contributed by atoms with E-state index in [1.54, 1.807) is 0 Å². The first-order chi connectivity index (χ1) is 39.5. The Hall–Kier alpha value is -1.59. The van der Waals surface area contributed by atoms with Crippen molar-refractivity contribution in [1.29, 1.82) is 0 Å². The zero-order valence-electron chi connectivity index (χ0n) is 54.9. The van der Waals surface area contributed by atoms with Gasteiger partial charge in [0.25, 0.3) is 0 Å². The quantitative estimate of drug-likeness (QED) is 0.0343. The maximum atomic E-state index is 13.0. The van der Waals surface area contributed by atoms with Gasteiger partial charge in [0.2, 0.25) is 0 Å². The van der Waals surface area contributed by atoms with Gasteiger partial charge >= 0.3 is 17.9 Å². The molecule has 1 unspecified atom stereocenters. The van der Waals surface area contributed by atoms with Crippen molar-refractivity contribution >= 4 is 17.9 Å². The number of ether oxygens (including phenoxy) is 3. The molecular weight excluding hydrogens is 985 g/mol. The van der Waals surface area contributed by atoms with Gasteiger partial charge in [-0.25, -0.2) is 0 Å². The summed E-state index contributed by atoms with van der Waals surface area (Å²) in [6.45, 7) is 6.76. The Morgan fingerprint density at radius 3 is 0.500 bits per heavy atom. The fourth-order valence-corrected chi connectivity index (χ4v) is 11.8. The predicted octanol–water partition coefficient (Wildman–Crippen LogP) is 25.4. The molecule has 0 heterocycles. The molecule has 0 aromatic carbocycles. The number of esters is 3. The summed E-state index contributed by atoms with van der Waals surface area (Å²) < 4.78 is 17.1. The molecule has 476 valence electrons. The molecule has 6 nitrogen and oxygen atoms in total. The lowest BCUT2D eigenvalue weighted by Gasteiger charge is -2.18. The second-order valence-corrected chi connectivity index (χ2v) is 25.6. The van der Waals surface area contributed by atoms with E-state index in [0.29, 0.717) is 19.3 Å². The van der Waals surface area contributed by atoms with E-state index in [2.05, 4.69) is 20.8 Å². The highest BCUT2D eigenvalue weighted by Gasteiger charge is 2.20. The van der Waals surface area contributed by atoms with Crippen LogP contribution in [0.2, 0.25) is 0 Å². The number of hydrogen-bond donors (Lipinski definition) is 0. The Balaban J connectivity index is 4.24. The molecule has 0 saturated carbocycles. The molecule has 0 radical (unpaired) electrons. The molecule has 0 rings (SSSR count). The third-order valence-corrected chi connectivity index (χ3v) is 17.4. The summed E-state index contributed by atoms with van der Waals surface area (Å²) in [6.07, 6.45) is 82.8. The van der Waals surface area contributed by atoms with Crippen LogP contribution in [-0.2, 0) is 28.6 Å². The van der Waals surface area contributed by atoms with Crippen LogP contribution in [0.25, 0.3) is 0 Å². The van der Waals surface area contributed by atoms with Crippen molar-refractivity contribution in [3.05, 3.63) is 0 Å². The van der Waals surface area contributed by atoms with Gasteiger partial charge in [-0.15, -0.1) is 0 Å². The van der Waals surface area contributed by atoms with Gasteiger partial charge in [0.15, 0.2) is 6.10 Å². The fourth-order valence-electron chi connectivity index (χ4n) is 11.8. The summed E-state index contributed by atoms with van der Waals surface area (Å²) in [5.41, 5.74) is 0. The summed E-state index contributed by atoms with van der Waals surface area (Å²) in [5.74, 6) is -0.815. The summed E-state index contributed by atoms with van der Waals surface area (Å²) in [4.78, 5) is 38.5. The van der Waals surface area contributed by atoms with Crippen LogP contribution in [0.5, 0.6) is 0 Å². The number of hydrogen-bond acceptors (Lipinski definition) is 6. The molecule has 0 aromatic heterocycles. The Morgan fingerprint density at radius 2 is 0.338 bits per heavy atom. The van der Waals surface area contributed by atoms with Crippen LogP contribution in [-0.4, -0.2) is 37.2 Å². The highest BCUT2D eigenvalue weighted by Crippen LogP contribution is 2.20. The SMILES string of the molecule is CCCCCCCCCCCCCCCCCCCCCCCCCCC(=O)OCC(COC(=O)CCCCCCCCCCCCCCCCCCCCC)OC(=O)CCCCCCCCCCCCCCCCCCCCC. The first kappa shape index (κ1) is 78.4. The lowest BCUT2D eigenvalue weighted by molar-refractivity contribution is -0.167. The van der Waals surface area contributed by atoms with Gasteiger partial charge < -0.3 is 14.2 Å². The molecule has 0 aliphatic heterocycles. The minimum atomic E-state index is -0.764. The first-order valence-corrected chi connectivity index (χ1v) is 37.0. The van der Waals surface area contributed by atoms with Gasteiger partial charge in [0, 0.05) is 19.3 Å². The second kappa shape index (κ2) is 69.9. The number of carbonyl (C=O) groups is 3. The van der Waals surface area contributed by atoms with Crippen LogP contribution in [0.15, 0.2) is 0 Å². The van der Waals surface area contributed by atoms with Gasteiger partial charge in [0.05, 0.1) is 0 Å². The van der Waals surface area contributed by atoms with Gasteiger partial charge in [-0.3, -0.25) is 14.4 Å². The standard InChI is InChI=1S/C74H144O6/c1-4-7-10-13-16-19-22-25-28-31-34-35-36-37-38-41-43-46-49-52-55-58-61-64-67-73(76)79-70-71(80-74(77)68-65-62-59-56-53-50-47-44-40-33-30-27-24-21-18-15-12-9-6-3)69-78-72(75)66-63-60-57-54-51-48-45-42-39-32-29-26-23-20-17-14-11-8-5-2/h71H,4-70H2,1-3H3. The molecule has 0 spiro atoms. The van der Waals surface area contributed by atoms with Crippen molar-refractivity contribution in [3.8, 4) is 0 Å². The third-order valence-electron chi connectivity index (χ3n) is 17.4. The van der Waals surface area contributed by atoms with E-state index in [9.17, 15) is 14.4 Å². The largest absolute Gasteiger partial charge is 0.462 e. The normalized spacial score (nSPS) is 11.9. The smallest absolute Gasteiger partial charge is 0.306 e. The summed E-state index contributed by atoms with van der Waals surface area (Å²) in [5, 5.41) is 0. The molecule has 0 bridgehead atoms. The Bertz CT molecular complexity index is 1200. The number of unbranched alkanes of at least 4 members (excludes halogenated alkanes) is 59. The minimum Gasteiger partial charge on any atom is -0.462 e. The van der Waals surface area contributed by atoms with E-state index >= 15 is 0 Å². The molecule has 0 saturated heterocycles. The molecule has 0 fully saturated rings. The average molecular weight is 1130 g/mol. The van der Waals surface area contributed by atoms with Crippen molar-refractivity contribution in [2.24, 2.45) is 0 Å². The lowest BCUT2D eigenvalue weighted by Crippen LogP contribution is -2.30. The van der Waals surface area contributed by atoms with E-state index < -0.39 is 6.10 Å². The van der Waals surface area contributed by atoms with Crippen molar-refractivity contribution < 1.29 is 28.6 Å². The molecular formula is C74H144O6. The highest BCUT2D eigenvalue weighted by molar-refractivity contribution is 5.71. The second-order valence-electron chi connectivity index (χ2n) is 25.6. The summed E-state index contributed by atoms with van der Waals surface area (Å²) in [7, 11) is 0. The lowest BCUT2D eigenvalue weighted by atomic mass is 10.0. The van der Waals surface area contributed by atoms with E-state index in [1.807, 2.05) is 0 Å². The van der Waals surface area contributed by atoms with Crippen molar-refractivity contribution in [1.82, 2.24) is 0 Å². The van der Waals surface area contributed by atoms with Crippen LogP contribution in [0.1, 0.15) is 438 Å². The Morgan fingerprint density at radius 1 is 0.200 bits per heavy atom. The van der Waals surface area contributed by atoms with Crippen molar-refractivity contribution in [3.63, 3.8) is 0 Å². The maximum Gasteiger partial charge on any atom is 0.306 e. The molecule has 0 amide bonds. The van der Waals surface area contributed by atoms with Gasteiger partial charge in [-0.1, -0.05) is 400 Å². The maximum absolute atomic E-state index is 13.0. The minimum absolute atomic E-state index is 0.0598. The number of carbonyl (C=O) groups excluding carboxylic acids is 3. The number of rotatable bonds is 70. The van der Waals surface area contributed by atoms with E-state index in [1.165, 1.54) is 340 Å². The summed E-state index contributed by atoms with van der Waals surface area (Å²) >= 11 is 0. The van der Waals surface area contributed by atoms with Crippen LogP contribution in [0, 0.1) is 0 Å². The molecule has 0 aliphatic rings. The van der Waals surface area contributed by atoms with E-state index in [0.717, 1.165) is 57.8 Å². The molecule has 0 aliphatic carbocycles. The monoisotopic (exact) mass is 1130 g/mol. The Labute approximate surface area is 501 Å². The van der Waals surface area contributed by atoms with Crippen LogP contribution >= 0.6 is 0 Å². The van der Waals surface area contributed by atoms with Gasteiger partial charge in [-0.2, -0.15) is 0 Å². The molecule has 80 heavy (non-hydrogen) atoms. The van der Waals surface area contributed by atoms with E-state index in [4.69, 9.17) is 14.2 Å². The zero-order valence-corrected chi connectivity index (χ0v) is 54.9. The van der Waals surface area contributed by atoms with E-state index in [-0.39, 0.29) is 31.1 Å². The first-order valence-electron chi connectivity index (χ1n) is 37.0. The highest BCUT2D eigenvalue weighted by atomic mass is 16.6.